The molecule has 0 unspecified atom stereocenters. The molecule has 0 spiro atoms. The Morgan fingerprint density at radius 3 is 2.55 bits per heavy atom. The summed E-state index contributed by atoms with van der Waals surface area (Å²) in [6.45, 7) is 2.21. The summed E-state index contributed by atoms with van der Waals surface area (Å²) in [7, 11) is 0. The second kappa shape index (κ2) is 3.74. The van der Waals surface area contributed by atoms with Gasteiger partial charge in [-0.1, -0.05) is 13.3 Å². The number of rotatable bonds is 4. The summed E-state index contributed by atoms with van der Waals surface area (Å²) in [5.41, 5.74) is 0. The molecule has 64 valence electrons. The predicted molar refractivity (Wildman–Crippen MR) is 43.4 cm³/mol. The van der Waals surface area contributed by atoms with Crippen molar-refractivity contribution in [2.24, 2.45) is 11.8 Å². The minimum Gasteiger partial charge on any atom is -0.481 e. The lowest BCUT2D eigenvalue weighted by Crippen LogP contribution is -2.23. The molecule has 0 aromatic carbocycles. The Morgan fingerprint density at radius 1 is 1.45 bits per heavy atom. The van der Waals surface area contributed by atoms with Crippen LogP contribution in [0.5, 0.6) is 0 Å². The fourth-order valence-corrected chi connectivity index (χ4v) is 1.77. The highest BCUT2D eigenvalue weighted by Crippen LogP contribution is 2.38. The molecule has 2 heteroatoms. The molecule has 1 saturated carbocycles. The van der Waals surface area contributed by atoms with Crippen LogP contribution in [-0.2, 0) is 4.79 Å². The number of carboxylic acids is 1. The zero-order chi connectivity index (χ0) is 8.27. The van der Waals surface area contributed by atoms with Crippen molar-refractivity contribution in [2.45, 2.75) is 39.0 Å². The Balaban J connectivity index is 2.00. The molecule has 1 aliphatic carbocycles. The van der Waals surface area contributed by atoms with Crippen molar-refractivity contribution in [3.63, 3.8) is 0 Å². The van der Waals surface area contributed by atoms with E-state index in [0.717, 1.165) is 18.3 Å². The van der Waals surface area contributed by atoms with Crippen molar-refractivity contribution in [1.29, 1.82) is 0 Å². The Morgan fingerprint density at radius 2 is 2.09 bits per heavy atom. The maximum atomic E-state index is 10.2. The largest absolute Gasteiger partial charge is 0.481 e. The molecule has 1 rings (SSSR count). The molecule has 0 radical (unpaired) electrons. The van der Waals surface area contributed by atoms with E-state index >= 15 is 0 Å². The minimum absolute atomic E-state index is 0.362. The average molecular weight is 156 g/mol. The lowest BCUT2D eigenvalue weighted by Gasteiger charge is -2.34. The van der Waals surface area contributed by atoms with Crippen LogP contribution in [0, 0.1) is 11.8 Å². The van der Waals surface area contributed by atoms with Gasteiger partial charge in [-0.05, 0) is 31.1 Å². The molecule has 0 aliphatic heterocycles. The molecule has 1 N–H and O–H groups in total. The second-order valence-electron chi connectivity index (χ2n) is 3.54. The normalized spacial score (nSPS) is 29.5. The third-order valence-electron chi connectivity index (χ3n) is 2.68. The monoisotopic (exact) mass is 156 g/mol. The van der Waals surface area contributed by atoms with Gasteiger partial charge in [0.1, 0.15) is 0 Å². The Bertz CT molecular complexity index is 136. The van der Waals surface area contributed by atoms with Crippen LogP contribution in [0.3, 0.4) is 0 Å². The second-order valence-corrected chi connectivity index (χ2v) is 3.54. The summed E-state index contributed by atoms with van der Waals surface area (Å²) >= 11 is 0. The van der Waals surface area contributed by atoms with Crippen LogP contribution in [0.1, 0.15) is 39.0 Å². The van der Waals surface area contributed by atoms with Crippen LogP contribution in [0.4, 0.5) is 0 Å². The first kappa shape index (κ1) is 8.57. The molecule has 0 aromatic heterocycles. The standard InChI is InChI=1S/C9H16O2/c1-2-7-5-8(6-7)3-4-9(10)11/h7-8H,2-6H2,1H3,(H,10,11). The van der Waals surface area contributed by atoms with E-state index in [1.54, 1.807) is 0 Å². The van der Waals surface area contributed by atoms with E-state index in [4.69, 9.17) is 5.11 Å². The Hall–Kier alpha value is -0.530. The van der Waals surface area contributed by atoms with Gasteiger partial charge < -0.3 is 5.11 Å². The van der Waals surface area contributed by atoms with E-state index in [1.165, 1.54) is 19.3 Å². The molecule has 11 heavy (non-hydrogen) atoms. The van der Waals surface area contributed by atoms with Gasteiger partial charge in [0.25, 0.3) is 0 Å². The molecule has 0 saturated heterocycles. The lowest BCUT2D eigenvalue weighted by molar-refractivity contribution is -0.137. The molecule has 0 heterocycles. The molecule has 2 nitrogen and oxygen atoms in total. The lowest BCUT2D eigenvalue weighted by atomic mass is 9.72. The van der Waals surface area contributed by atoms with Gasteiger partial charge in [0.15, 0.2) is 0 Å². The summed E-state index contributed by atoms with van der Waals surface area (Å²) in [6, 6.07) is 0. The van der Waals surface area contributed by atoms with Gasteiger partial charge >= 0.3 is 5.97 Å². The third kappa shape index (κ3) is 2.52. The summed E-state index contributed by atoms with van der Waals surface area (Å²) in [5.74, 6) is 0.967. The van der Waals surface area contributed by atoms with Gasteiger partial charge in [-0.15, -0.1) is 0 Å². The molecular formula is C9H16O2. The number of hydrogen-bond donors (Lipinski definition) is 1. The van der Waals surface area contributed by atoms with Crippen molar-refractivity contribution in [3.05, 3.63) is 0 Å². The van der Waals surface area contributed by atoms with Crippen LogP contribution < -0.4 is 0 Å². The van der Waals surface area contributed by atoms with E-state index in [1.807, 2.05) is 0 Å². The van der Waals surface area contributed by atoms with Crippen molar-refractivity contribution in [2.75, 3.05) is 0 Å². The highest BCUT2D eigenvalue weighted by molar-refractivity contribution is 5.66. The molecule has 0 aromatic rings. The summed E-state index contributed by atoms with van der Waals surface area (Å²) in [4.78, 5) is 10.2. The third-order valence-corrected chi connectivity index (χ3v) is 2.68. The number of carbonyl (C=O) groups is 1. The van der Waals surface area contributed by atoms with Gasteiger partial charge in [0.05, 0.1) is 0 Å². The first-order valence-electron chi connectivity index (χ1n) is 4.44. The van der Waals surface area contributed by atoms with Crippen LogP contribution in [-0.4, -0.2) is 11.1 Å². The summed E-state index contributed by atoms with van der Waals surface area (Å²) in [6.07, 6.45) is 5.06. The van der Waals surface area contributed by atoms with Crippen LogP contribution in [0.25, 0.3) is 0 Å². The van der Waals surface area contributed by atoms with Crippen molar-refractivity contribution in [1.82, 2.24) is 0 Å². The Kier molecular flexibility index (Phi) is 2.92. The topological polar surface area (TPSA) is 37.3 Å². The van der Waals surface area contributed by atoms with Gasteiger partial charge in [0.2, 0.25) is 0 Å². The van der Waals surface area contributed by atoms with Crippen LogP contribution in [0.2, 0.25) is 0 Å². The molecule has 0 bridgehead atoms. The fraction of sp³-hybridized carbons (Fsp3) is 0.889. The van der Waals surface area contributed by atoms with Crippen molar-refractivity contribution < 1.29 is 9.90 Å². The molecule has 1 aliphatic rings. The molecule has 0 amide bonds. The van der Waals surface area contributed by atoms with E-state index in [2.05, 4.69) is 6.92 Å². The number of aliphatic carboxylic acids is 1. The highest BCUT2D eigenvalue weighted by Gasteiger charge is 2.27. The summed E-state index contributed by atoms with van der Waals surface area (Å²) in [5, 5.41) is 8.41. The number of hydrogen-bond acceptors (Lipinski definition) is 1. The van der Waals surface area contributed by atoms with Gasteiger partial charge in [-0.2, -0.15) is 0 Å². The number of carboxylic acid groups (broad SMARTS) is 1. The molecule has 1 fully saturated rings. The zero-order valence-electron chi connectivity index (χ0n) is 7.05. The quantitative estimate of drug-likeness (QED) is 0.678. The van der Waals surface area contributed by atoms with E-state index in [-0.39, 0.29) is 0 Å². The predicted octanol–water partition coefficient (Wildman–Crippen LogP) is 2.29. The van der Waals surface area contributed by atoms with Crippen LogP contribution in [0.15, 0.2) is 0 Å². The van der Waals surface area contributed by atoms with E-state index in [0.29, 0.717) is 6.42 Å². The SMILES string of the molecule is CCC1CC(CCC(=O)O)C1. The highest BCUT2D eigenvalue weighted by atomic mass is 16.4. The first-order valence-corrected chi connectivity index (χ1v) is 4.44. The maximum Gasteiger partial charge on any atom is 0.303 e. The van der Waals surface area contributed by atoms with Gasteiger partial charge in [-0.3, -0.25) is 4.79 Å². The van der Waals surface area contributed by atoms with E-state index in [9.17, 15) is 4.79 Å². The van der Waals surface area contributed by atoms with Crippen molar-refractivity contribution >= 4 is 5.97 Å². The van der Waals surface area contributed by atoms with Gasteiger partial charge in [-0.25, -0.2) is 0 Å². The molecular weight excluding hydrogens is 140 g/mol. The van der Waals surface area contributed by atoms with Crippen molar-refractivity contribution in [3.8, 4) is 0 Å². The zero-order valence-corrected chi connectivity index (χ0v) is 7.05. The van der Waals surface area contributed by atoms with Crippen LogP contribution >= 0.6 is 0 Å². The maximum absolute atomic E-state index is 10.2. The van der Waals surface area contributed by atoms with E-state index < -0.39 is 5.97 Å². The Labute approximate surface area is 67.6 Å². The summed E-state index contributed by atoms with van der Waals surface area (Å²) < 4.78 is 0. The fourth-order valence-electron chi connectivity index (χ4n) is 1.77. The molecule has 0 atom stereocenters. The first-order chi connectivity index (χ1) is 5.22. The average Bonchev–Trinajstić information content (AvgIpc) is 1.84. The minimum atomic E-state index is -0.648. The van der Waals surface area contributed by atoms with Gasteiger partial charge in [0, 0.05) is 6.42 Å². The smallest absolute Gasteiger partial charge is 0.303 e.